The molecule has 0 saturated heterocycles. The molecule has 16 heavy (non-hydrogen) atoms. The molecule has 1 fully saturated rings. The molecule has 1 aromatic rings. The van der Waals surface area contributed by atoms with Crippen molar-refractivity contribution in [2.24, 2.45) is 5.92 Å². The number of nitrogens with one attached hydrogen (secondary N) is 1. The zero-order chi connectivity index (χ0) is 11.5. The molecule has 1 N–H and O–H groups in total. The monoisotopic (exact) mass is 225 g/mol. The Morgan fingerprint density at radius 2 is 1.81 bits per heavy atom. The molecule has 1 saturated carbocycles. The Morgan fingerprint density at radius 3 is 2.44 bits per heavy atom. The van der Waals surface area contributed by atoms with Crippen molar-refractivity contribution in [3.63, 3.8) is 0 Å². The summed E-state index contributed by atoms with van der Waals surface area (Å²) in [6.45, 7) is 2.22. The molecule has 0 spiro atoms. The number of hydrogen-bond acceptors (Lipinski definition) is 1. The molecule has 1 nitrogen and oxygen atoms in total. The molecule has 0 bridgehead atoms. The number of anilines is 1. The van der Waals surface area contributed by atoms with Gasteiger partial charge in [0.15, 0.2) is 0 Å². The van der Waals surface area contributed by atoms with E-state index in [9.17, 15) is 8.78 Å². The van der Waals surface area contributed by atoms with Gasteiger partial charge in [-0.25, -0.2) is 8.78 Å². The van der Waals surface area contributed by atoms with Crippen molar-refractivity contribution in [2.45, 2.75) is 38.6 Å². The van der Waals surface area contributed by atoms with Gasteiger partial charge in [0.05, 0.1) is 0 Å². The second kappa shape index (κ2) is 4.81. The summed E-state index contributed by atoms with van der Waals surface area (Å²) in [5.41, 5.74) is 0.552. The highest BCUT2D eigenvalue weighted by atomic mass is 19.1. The Labute approximate surface area is 94.9 Å². The molecular weight excluding hydrogens is 208 g/mol. The molecule has 0 heterocycles. The molecule has 2 atom stereocenters. The van der Waals surface area contributed by atoms with Gasteiger partial charge >= 0.3 is 0 Å². The van der Waals surface area contributed by atoms with E-state index in [-0.39, 0.29) is 0 Å². The molecule has 0 aliphatic heterocycles. The van der Waals surface area contributed by atoms with E-state index in [1.165, 1.54) is 25.0 Å². The van der Waals surface area contributed by atoms with Crippen LogP contribution in [0.3, 0.4) is 0 Å². The Balaban J connectivity index is 2.02. The van der Waals surface area contributed by atoms with Crippen molar-refractivity contribution in [1.29, 1.82) is 0 Å². The molecule has 0 aromatic heterocycles. The van der Waals surface area contributed by atoms with Crippen molar-refractivity contribution < 1.29 is 8.78 Å². The minimum atomic E-state index is -0.522. The maximum atomic E-state index is 13.0. The third kappa shape index (κ3) is 2.94. The lowest BCUT2D eigenvalue weighted by molar-refractivity contribution is 0.358. The van der Waals surface area contributed by atoms with Crippen LogP contribution in [0, 0.1) is 17.6 Å². The third-order valence-corrected chi connectivity index (χ3v) is 3.17. The van der Waals surface area contributed by atoms with E-state index in [1.807, 2.05) is 0 Å². The number of rotatable bonds is 2. The molecule has 2 rings (SSSR count). The van der Waals surface area contributed by atoms with Crippen molar-refractivity contribution >= 4 is 5.69 Å². The van der Waals surface area contributed by atoms with Gasteiger partial charge in [0.1, 0.15) is 11.6 Å². The van der Waals surface area contributed by atoms with Crippen molar-refractivity contribution in [3.8, 4) is 0 Å². The zero-order valence-corrected chi connectivity index (χ0v) is 9.47. The highest BCUT2D eigenvalue weighted by Crippen LogP contribution is 2.26. The first-order valence-electron chi connectivity index (χ1n) is 5.86. The van der Waals surface area contributed by atoms with E-state index in [1.54, 1.807) is 0 Å². The van der Waals surface area contributed by atoms with Crippen LogP contribution in [0.1, 0.15) is 32.6 Å². The summed E-state index contributed by atoms with van der Waals surface area (Å²) in [7, 11) is 0. The first kappa shape index (κ1) is 11.4. The van der Waals surface area contributed by atoms with Crippen LogP contribution >= 0.6 is 0 Å². The minimum Gasteiger partial charge on any atom is -0.382 e. The molecular formula is C13H17F2N. The lowest BCUT2D eigenvalue weighted by Crippen LogP contribution is -2.26. The maximum Gasteiger partial charge on any atom is 0.128 e. The molecule has 2 unspecified atom stereocenters. The van der Waals surface area contributed by atoms with E-state index in [0.717, 1.165) is 18.9 Å². The molecule has 3 heteroatoms. The third-order valence-electron chi connectivity index (χ3n) is 3.17. The predicted octanol–water partition coefficient (Wildman–Crippen LogP) is 3.96. The highest BCUT2D eigenvalue weighted by molar-refractivity contribution is 5.44. The van der Waals surface area contributed by atoms with Crippen LogP contribution in [0.15, 0.2) is 18.2 Å². The van der Waals surface area contributed by atoms with Gasteiger partial charge in [-0.05, 0) is 30.9 Å². The summed E-state index contributed by atoms with van der Waals surface area (Å²) in [6.07, 6.45) is 4.62. The zero-order valence-electron chi connectivity index (χ0n) is 9.47. The lowest BCUT2D eigenvalue weighted by atomic mass is 9.87. The van der Waals surface area contributed by atoms with Gasteiger partial charge in [-0.1, -0.05) is 19.8 Å². The fourth-order valence-corrected chi connectivity index (χ4v) is 2.44. The molecule has 1 aliphatic carbocycles. The summed E-state index contributed by atoms with van der Waals surface area (Å²) in [4.78, 5) is 0. The van der Waals surface area contributed by atoms with Gasteiger partial charge in [0, 0.05) is 17.8 Å². The molecule has 88 valence electrons. The SMILES string of the molecule is CC1CCCC(Nc2cc(F)cc(F)c2)C1. The van der Waals surface area contributed by atoms with Gasteiger partial charge in [0.2, 0.25) is 0 Å². The Hall–Kier alpha value is -1.12. The van der Waals surface area contributed by atoms with Gasteiger partial charge in [-0.3, -0.25) is 0 Å². The van der Waals surface area contributed by atoms with E-state index in [2.05, 4.69) is 12.2 Å². The maximum absolute atomic E-state index is 13.0. The molecule has 0 amide bonds. The number of hydrogen-bond donors (Lipinski definition) is 1. The standard InChI is InChI=1S/C13H17F2N/c1-9-3-2-4-12(5-9)16-13-7-10(14)6-11(15)8-13/h6-9,12,16H,2-5H2,1H3. The quantitative estimate of drug-likeness (QED) is 0.803. The number of halogens is 2. The number of benzene rings is 1. The molecule has 1 aliphatic rings. The van der Waals surface area contributed by atoms with Crippen LogP contribution in [0.4, 0.5) is 14.5 Å². The second-order valence-electron chi connectivity index (χ2n) is 4.77. The highest BCUT2D eigenvalue weighted by Gasteiger charge is 2.18. The van der Waals surface area contributed by atoms with Crippen LogP contribution in [0.2, 0.25) is 0 Å². The second-order valence-corrected chi connectivity index (χ2v) is 4.77. The molecule has 1 aromatic carbocycles. The predicted molar refractivity (Wildman–Crippen MR) is 61.4 cm³/mol. The van der Waals surface area contributed by atoms with E-state index < -0.39 is 11.6 Å². The fraction of sp³-hybridized carbons (Fsp3) is 0.538. The minimum absolute atomic E-state index is 0.352. The van der Waals surface area contributed by atoms with E-state index in [4.69, 9.17) is 0 Å². The Morgan fingerprint density at radius 1 is 1.12 bits per heavy atom. The van der Waals surface area contributed by atoms with Crippen LogP contribution in [-0.4, -0.2) is 6.04 Å². The lowest BCUT2D eigenvalue weighted by Gasteiger charge is -2.28. The first-order valence-corrected chi connectivity index (χ1v) is 5.86. The topological polar surface area (TPSA) is 12.0 Å². The largest absolute Gasteiger partial charge is 0.382 e. The smallest absolute Gasteiger partial charge is 0.128 e. The van der Waals surface area contributed by atoms with Gasteiger partial charge < -0.3 is 5.32 Å². The fourth-order valence-electron chi connectivity index (χ4n) is 2.44. The molecule has 0 radical (unpaired) electrons. The Bertz CT molecular complexity index is 345. The summed E-state index contributed by atoms with van der Waals surface area (Å²) < 4.78 is 26.0. The van der Waals surface area contributed by atoms with Crippen LogP contribution in [0.5, 0.6) is 0 Å². The van der Waals surface area contributed by atoms with Crippen molar-refractivity contribution in [3.05, 3.63) is 29.8 Å². The van der Waals surface area contributed by atoms with E-state index in [0.29, 0.717) is 17.6 Å². The first-order chi connectivity index (χ1) is 7.63. The van der Waals surface area contributed by atoms with Gasteiger partial charge in [0.25, 0.3) is 0 Å². The van der Waals surface area contributed by atoms with Gasteiger partial charge in [-0.15, -0.1) is 0 Å². The average Bonchev–Trinajstić information content (AvgIpc) is 2.15. The normalized spacial score (nSPS) is 25.4. The van der Waals surface area contributed by atoms with Crippen molar-refractivity contribution in [1.82, 2.24) is 0 Å². The van der Waals surface area contributed by atoms with Crippen LogP contribution in [-0.2, 0) is 0 Å². The Kier molecular flexibility index (Phi) is 3.42. The van der Waals surface area contributed by atoms with Gasteiger partial charge in [-0.2, -0.15) is 0 Å². The summed E-state index contributed by atoms with van der Waals surface area (Å²) >= 11 is 0. The summed E-state index contributed by atoms with van der Waals surface area (Å²) in [5.74, 6) is -0.345. The van der Waals surface area contributed by atoms with Crippen LogP contribution in [0.25, 0.3) is 0 Å². The van der Waals surface area contributed by atoms with Crippen LogP contribution < -0.4 is 5.32 Å². The summed E-state index contributed by atoms with van der Waals surface area (Å²) in [6, 6.07) is 3.95. The van der Waals surface area contributed by atoms with E-state index >= 15 is 0 Å². The summed E-state index contributed by atoms with van der Waals surface area (Å²) in [5, 5.41) is 3.21. The van der Waals surface area contributed by atoms with Crippen molar-refractivity contribution in [2.75, 3.05) is 5.32 Å². The average molecular weight is 225 g/mol.